The number of unbranched alkanes of at least 4 members (excludes halogenated alkanes) is 15. The molecule has 0 aromatic rings. The third-order valence-corrected chi connectivity index (χ3v) is 5.89. The molecule has 4 nitrogen and oxygen atoms in total. The van der Waals surface area contributed by atoms with Gasteiger partial charge in [0.2, 0.25) is 0 Å². The Balaban J connectivity index is 3.50. The highest BCUT2D eigenvalue weighted by Gasteiger charge is 2.30. The number of hydrogen-bond acceptors (Lipinski definition) is 2. The van der Waals surface area contributed by atoms with Gasteiger partial charge in [-0.1, -0.05) is 110 Å². The van der Waals surface area contributed by atoms with Crippen LogP contribution in [0.2, 0.25) is 0 Å². The second kappa shape index (κ2) is 18.2. The number of carboxylic acids is 1. The van der Waals surface area contributed by atoms with Gasteiger partial charge in [-0.3, -0.25) is 4.79 Å². The molecule has 0 saturated carbocycles. The van der Waals surface area contributed by atoms with Crippen LogP contribution in [-0.4, -0.2) is 54.5 Å². The van der Waals surface area contributed by atoms with Crippen molar-refractivity contribution in [3.05, 3.63) is 0 Å². The number of carbonyl (C=O) groups is 1. The minimum absolute atomic E-state index is 0.482. The van der Waals surface area contributed by atoms with E-state index in [0.29, 0.717) is 17.4 Å². The van der Waals surface area contributed by atoms with Crippen molar-refractivity contribution in [2.45, 2.75) is 122 Å². The van der Waals surface area contributed by atoms with Crippen molar-refractivity contribution in [2.24, 2.45) is 5.92 Å². The molecular formula is C25H52NO3+. The van der Waals surface area contributed by atoms with E-state index in [0.717, 1.165) is 12.8 Å². The lowest BCUT2D eigenvalue weighted by atomic mass is 9.94. The number of likely N-dealkylation sites (N-methyl/N-ethyl adjacent to an activating group) is 1. The summed E-state index contributed by atoms with van der Waals surface area (Å²) in [6, 6.07) is 0. The fourth-order valence-electron chi connectivity index (χ4n) is 4.08. The lowest BCUT2D eigenvalue weighted by Gasteiger charge is -2.29. The molecular weight excluding hydrogens is 362 g/mol. The summed E-state index contributed by atoms with van der Waals surface area (Å²) in [4.78, 5) is 11.5. The summed E-state index contributed by atoms with van der Waals surface area (Å²) in [5.41, 5.74) is 0. The Bertz CT molecular complexity index is 379. The molecule has 0 aromatic carbocycles. The van der Waals surface area contributed by atoms with E-state index in [1.165, 1.54) is 89.9 Å². The number of aliphatic carboxylic acids is 1. The van der Waals surface area contributed by atoms with Crippen molar-refractivity contribution in [1.29, 1.82) is 0 Å². The quantitative estimate of drug-likeness (QED) is 0.169. The molecule has 0 aliphatic carbocycles. The SMILES string of the molecule is CCCCCCCCCCCCCCCCCCC(C(=O)O)C(O)C[N+](C)(C)C. The lowest BCUT2D eigenvalue weighted by Crippen LogP contribution is -2.45. The minimum Gasteiger partial charge on any atom is -0.481 e. The number of quaternary nitrogens is 1. The monoisotopic (exact) mass is 414 g/mol. The molecule has 0 fully saturated rings. The highest BCUT2D eigenvalue weighted by molar-refractivity contribution is 5.70. The highest BCUT2D eigenvalue weighted by Crippen LogP contribution is 2.18. The lowest BCUT2D eigenvalue weighted by molar-refractivity contribution is -0.874. The van der Waals surface area contributed by atoms with E-state index in [1.807, 2.05) is 21.1 Å². The normalized spacial score (nSPS) is 14.1. The van der Waals surface area contributed by atoms with Crippen LogP contribution in [-0.2, 0) is 4.79 Å². The van der Waals surface area contributed by atoms with Gasteiger partial charge < -0.3 is 14.7 Å². The van der Waals surface area contributed by atoms with Crippen LogP contribution in [0.25, 0.3) is 0 Å². The van der Waals surface area contributed by atoms with E-state index in [1.54, 1.807) is 0 Å². The summed E-state index contributed by atoms with van der Waals surface area (Å²) in [7, 11) is 5.95. The van der Waals surface area contributed by atoms with Crippen LogP contribution in [0, 0.1) is 5.92 Å². The Morgan fingerprint density at radius 1 is 0.690 bits per heavy atom. The molecule has 0 aromatic heterocycles. The summed E-state index contributed by atoms with van der Waals surface area (Å²) >= 11 is 0. The molecule has 2 unspecified atom stereocenters. The van der Waals surface area contributed by atoms with Crippen LogP contribution in [0.1, 0.15) is 116 Å². The zero-order chi connectivity index (χ0) is 22.0. The van der Waals surface area contributed by atoms with Gasteiger partial charge in [-0.05, 0) is 6.42 Å². The van der Waals surface area contributed by atoms with Crippen molar-refractivity contribution in [2.75, 3.05) is 27.7 Å². The molecule has 0 radical (unpaired) electrons. The number of aliphatic hydroxyl groups excluding tert-OH is 1. The minimum atomic E-state index is -0.855. The third kappa shape index (κ3) is 19.1. The van der Waals surface area contributed by atoms with Crippen molar-refractivity contribution < 1.29 is 19.5 Å². The first-order valence-electron chi connectivity index (χ1n) is 12.5. The molecule has 29 heavy (non-hydrogen) atoms. The van der Waals surface area contributed by atoms with E-state index in [9.17, 15) is 15.0 Å². The maximum absolute atomic E-state index is 11.5. The average Bonchev–Trinajstić information content (AvgIpc) is 2.62. The molecule has 4 heteroatoms. The Labute approximate surface area is 181 Å². The first-order valence-corrected chi connectivity index (χ1v) is 12.5. The van der Waals surface area contributed by atoms with Crippen LogP contribution in [0.5, 0.6) is 0 Å². The number of nitrogens with zero attached hydrogens (tertiary/aromatic N) is 1. The Morgan fingerprint density at radius 2 is 1.03 bits per heavy atom. The van der Waals surface area contributed by atoms with Crippen LogP contribution in [0.4, 0.5) is 0 Å². The number of rotatable bonds is 21. The first-order chi connectivity index (χ1) is 13.8. The van der Waals surface area contributed by atoms with E-state index < -0.39 is 18.0 Å². The Kier molecular flexibility index (Phi) is 17.8. The highest BCUT2D eigenvalue weighted by atomic mass is 16.4. The number of carboxylic acid groups (broad SMARTS) is 1. The van der Waals surface area contributed by atoms with Gasteiger partial charge >= 0.3 is 5.97 Å². The van der Waals surface area contributed by atoms with Crippen LogP contribution >= 0.6 is 0 Å². The fourth-order valence-corrected chi connectivity index (χ4v) is 4.08. The molecule has 0 heterocycles. The van der Waals surface area contributed by atoms with Gasteiger partial charge in [-0.25, -0.2) is 0 Å². The van der Waals surface area contributed by atoms with Gasteiger partial charge in [0.1, 0.15) is 12.6 Å². The molecule has 0 rings (SSSR count). The standard InChI is InChI=1S/C25H51NO3/c1-5-6-7-8-9-10-11-12-13-14-15-16-17-18-19-20-21-23(25(28)29)24(27)22-26(2,3)4/h23-24,27H,5-22H2,1-4H3/p+1. The number of aliphatic hydroxyl groups is 1. The topological polar surface area (TPSA) is 57.5 Å². The molecule has 2 atom stereocenters. The van der Waals surface area contributed by atoms with Crippen molar-refractivity contribution in [1.82, 2.24) is 0 Å². The van der Waals surface area contributed by atoms with E-state index >= 15 is 0 Å². The predicted octanol–water partition coefficient (Wildman–Crippen LogP) is 6.41. The third-order valence-electron chi connectivity index (χ3n) is 5.89. The summed E-state index contributed by atoms with van der Waals surface area (Å²) in [6.45, 7) is 2.75. The second-order valence-electron chi connectivity index (χ2n) is 10.1. The summed E-state index contributed by atoms with van der Waals surface area (Å²) < 4.78 is 0.587. The molecule has 174 valence electrons. The zero-order valence-electron chi connectivity index (χ0n) is 20.1. The Morgan fingerprint density at radius 3 is 1.34 bits per heavy atom. The van der Waals surface area contributed by atoms with Crippen LogP contribution in [0.3, 0.4) is 0 Å². The maximum atomic E-state index is 11.5. The Hall–Kier alpha value is -0.610. The molecule has 0 saturated heterocycles. The van der Waals surface area contributed by atoms with Gasteiger partial charge in [0.05, 0.1) is 27.1 Å². The predicted molar refractivity (Wildman–Crippen MR) is 124 cm³/mol. The van der Waals surface area contributed by atoms with Gasteiger partial charge in [-0.15, -0.1) is 0 Å². The smallest absolute Gasteiger partial charge is 0.309 e. The van der Waals surface area contributed by atoms with Gasteiger partial charge in [0.15, 0.2) is 0 Å². The maximum Gasteiger partial charge on any atom is 0.309 e. The van der Waals surface area contributed by atoms with Crippen molar-refractivity contribution >= 4 is 5.97 Å². The summed E-state index contributed by atoms with van der Waals surface area (Å²) in [5.74, 6) is -1.48. The molecule has 0 amide bonds. The van der Waals surface area contributed by atoms with Crippen LogP contribution < -0.4 is 0 Å². The van der Waals surface area contributed by atoms with E-state index in [-0.39, 0.29) is 0 Å². The molecule has 0 aliphatic heterocycles. The molecule has 0 spiro atoms. The van der Waals surface area contributed by atoms with E-state index in [2.05, 4.69) is 6.92 Å². The first kappa shape index (κ1) is 28.4. The van der Waals surface area contributed by atoms with Crippen LogP contribution in [0.15, 0.2) is 0 Å². The molecule has 0 aliphatic rings. The number of hydrogen-bond donors (Lipinski definition) is 2. The zero-order valence-corrected chi connectivity index (χ0v) is 20.1. The average molecular weight is 415 g/mol. The molecule has 2 N–H and O–H groups in total. The van der Waals surface area contributed by atoms with Gasteiger partial charge in [-0.2, -0.15) is 0 Å². The second-order valence-corrected chi connectivity index (χ2v) is 10.1. The fraction of sp³-hybridized carbons (Fsp3) is 0.960. The van der Waals surface area contributed by atoms with Gasteiger partial charge in [0.25, 0.3) is 0 Å². The van der Waals surface area contributed by atoms with E-state index in [4.69, 9.17) is 0 Å². The summed E-state index contributed by atoms with van der Waals surface area (Å²) in [5, 5.41) is 19.6. The summed E-state index contributed by atoms with van der Waals surface area (Å²) in [6.07, 6.45) is 20.9. The van der Waals surface area contributed by atoms with Crippen molar-refractivity contribution in [3.8, 4) is 0 Å². The largest absolute Gasteiger partial charge is 0.481 e. The molecule has 0 bridgehead atoms. The van der Waals surface area contributed by atoms with Gasteiger partial charge in [0, 0.05) is 0 Å². The van der Waals surface area contributed by atoms with Crippen molar-refractivity contribution in [3.63, 3.8) is 0 Å².